The minimum atomic E-state index is 0.225. The van der Waals surface area contributed by atoms with Gasteiger partial charge in [0.05, 0.1) is 0 Å². The van der Waals surface area contributed by atoms with Crippen molar-refractivity contribution < 1.29 is 0 Å². The Labute approximate surface area is 128 Å². The zero-order chi connectivity index (χ0) is 15.1. The molecule has 1 nitrogen and oxygen atoms in total. The van der Waals surface area contributed by atoms with Gasteiger partial charge in [-0.2, -0.15) is 0 Å². The van der Waals surface area contributed by atoms with E-state index in [1.54, 1.807) is 0 Å². The van der Waals surface area contributed by atoms with Crippen LogP contribution < -0.4 is 5.32 Å². The molecule has 1 aliphatic carbocycles. The van der Waals surface area contributed by atoms with Gasteiger partial charge in [0.2, 0.25) is 0 Å². The molecule has 21 heavy (non-hydrogen) atoms. The molecule has 0 aliphatic heterocycles. The molecule has 0 bridgehead atoms. The predicted octanol–water partition coefficient (Wildman–Crippen LogP) is 5.78. The molecule has 1 N–H and O–H groups in total. The van der Waals surface area contributed by atoms with E-state index in [1.165, 1.54) is 29.7 Å². The topological polar surface area (TPSA) is 12.0 Å². The Morgan fingerprint density at radius 3 is 2.14 bits per heavy atom. The summed E-state index contributed by atoms with van der Waals surface area (Å²) in [6, 6.07) is 17.2. The van der Waals surface area contributed by atoms with Crippen LogP contribution in [0.1, 0.15) is 51.7 Å². The SMILES string of the molecule is CC1(C)CCC(C)(C)c2c(Nc3ccccc3)cccc21. The Kier molecular flexibility index (Phi) is 3.32. The van der Waals surface area contributed by atoms with Crippen LogP contribution >= 0.6 is 0 Å². The van der Waals surface area contributed by atoms with Crippen LogP contribution in [0.15, 0.2) is 48.5 Å². The molecule has 0 fully saturated rings. The molecule has 0 atom stereocenters. The van der Waals surface area contributed by atoms with Crippen LogP contribution in [0.5, 0.6) is 0 Å². The number of anilines is 2. The fourth-order valence-corrected chi connectivity index (χ4v) is 3.51. The van der Waals surface area contributed by atoms with Gasteiger partial charge in [0.25, 0.3) is 0 Å². The lowest BCUT2D eigenvalue weighted by molar-refractivity contribution is 0.333. The van der Waals surface area contributed by atoms with Crippen molar-refractivity contribution in [3.05, 3.63) is 59.7 Å². The third-order valence-electron chi connectivity index (χ3n) is 4.90. The average Bonchev–Trinajstić information content (AvgIpc) is 2.45. The molecule has 3 rings (SSSR count). The standard InChI is InChI=1S/C20H25N/c1-19(2)13-14-20(3,4)18-16(19)11-8-12-17(18)21-15-9-6-5-7-10-15/h5-12,21H,13-14H2,1-4H3. The first-order valence-corrected chi connectivity index (χ1v) is 7.86. The third kappa shape index (κ3) is 2.57. The van der Waals surface area contributed by atoms with E-state index in [0.717, 1.165) is 5.69 Å². The molecule has 0 aromatic heterocycles. The van der Waals surface area contributed by atoms with Crippen molar-refractivity contribution in [2.45, 2.75) is 51.4 Å². The van der Waals surface area contributed by atoms with E-state index < -0.39 is 0 Å². The summed E-state index contributed by atoms with van der Waals surface area (Å²) in [7, 11) is 0. The van der Waals surface area contributed by atoms with Crippen LogP contribution in [-0.4, -0.2) is 0 Å². The highest BCUT2D eigenvalue weighted by atomic mass is 14.9. The number of rotatable bonds is 2. The summed E-state index contributed by atoms with van der Waals surface area (Å²) in [5, 5.41) is 3.63. The Balaban J connectivity index is 2.11. The second-order valence-corrected chi connectivity index (χ2v) is 7.49. The van der Waals surface area contributed by atoms with Crippen LogP contribution in [0.25, 0.3) is 0 Å². The van der Waals surface area contributed by atoms with Gasteiger partial charge in [0.15, 0.2) is 0 Å². The first-order chi connectivity index (χ1) is 9.90. The second-order valence-electron chi connectivity index (χ2n) is 7.49. The maximum absolute atomic E-state index is 3.63. The van der Waals surface area contributed by atoms with Crippen LogP contribution in [0, 0.1) is 0 Å². The zero-order valence-electron chi connectivity index (χ0n) is 13.5. The van der Waals surface area contributed by atoms with Crippen LogP contribution in [0.3, 0.4) is 0 Å². The van der Waals surface area contributed by atoms with E-state index >= 15 is 0 Å². The normalized spacial score (nSPS) is 18.9. The fourth-order valence-electron chi connectivity index (χ4n) is 3.51. The van der Waals surface area contributed by atoms with E-state index in [-0.39, 0.29) is 10.8 Å². The lowest BCUT2D eigenvalue weighted by Gasteiger charge is -2.43. The van der Waals surface area contributed by atoms with E-state index in [0.29, 0.717) is 0 Å². The molecule has 0 amide bonds. The van der Waals surface area contributed by atoms with Gasteiger partial charge in [0.1, 0.15) is 0 Å². The van der Waals surface area contributed by atoms with Crippen molar-refractivity contribution in [2.75, 3.05) is 5.32 Å². The Morgan fingerprint density at radius 1 is 0.762 bits per heavy atom. The minimum absolute atomic E-state index is 0.225. The zero-order valence-corrected chi connectivity index (χ0v) is 13.5. The van der Waals surface area contributed by atoms with Crippen LogP contribution in [0.2, 0.25) is 0 Å². The molecule has 1 heteroatoms. The molecule has 0 heterocycles. The third-order valence-corrected chi connectivity index (χ3v) is 4.90. The van der Waals surface area contributed by atoms with Crippen molar-refractivity contribution >= 4 is 11.4 Å². The summed E-state index contributed by atoms with van der Waals surface area (Å²) < 4.78 is 0. The van der Waals surface area contributed by atoms with Gasteiger partial charge in [0, 0.05) is 11.4 Å². The first-order valence-electron chi connectivity index (χ1n) is 7.86. The molecule has 0 radical (unpaired) electrons. The minimum Gasteiger partial charge on any atom is -0.355 e. The molecule has 2 aromatic rings. The van der Waals surface area contributed by atoms with Gasteiger partial charge < -0.3 is 5.32 Å². The lowest BCUT2D eigenvalue weighted by atomic mass is 9.62. The summed E-state index contributed by atoms with van der Waals surface area (Å²) in [6.45, 7) is 9.48. The molecule has 0 spiro atoms. The van der Waals surface area contributed by atoms with Crippen molar-refractivity contribution in [3.63, 3.8) is 0 Å². The lowest BCUT2D eigenvalue weighted by Crippen LogP contribution is -2.34. The van der Waals surface area contributed by atoms with Gasteiger partial charge in [-0.3, -0.25) is 0 Å². The van der Waals surface area contributed by atoms with E-state index in [1.807, 2.05) is 0 Å². The van der Waals surface area contributed by atoms with Gasteiger partial charge in [-0.05, 0) is 53.0 Å². The summed E-state index contributed by atoms with van der Waals surface area (Å²) in [5.74, 6) is 0. The summed E-state index contributed by atoms with van der Waals surface area (Å²) in [5.41, 5.74) is 5.90. The maximum Gasteiger partial charge on any atom is 0.0425 e. The van der Waals surface area contributed by atoms with Gasteiger partial charge in [-0.25, -0.2) is 0 Å². The second kappa shape index (κ2) is 4.91. The van der Waals surface area contributed by atoms with Crippen molar-refractivity contribution in [2.24, 2.45) is 0 Å². The Morgan fingerprint density at radius 2 is 1.43 bits per heavy atom. The molecular formula is C20H25N. The average molecular weight is 279 g/mol. The van der Waals surface area contributed by atoms with Crippen LogP contribution in [0.4, 0.5) is 11.4 Å². The van der Waals surface area contributed by atoms with E-state index in [4.69, 9.17) is 0 Å². The summed E-state index contributed by atoms with van der Waals surface area (Å²) >= 11 is 0. The number of nitrogens with one attached hydrogen (secondary N) is 1. The van der Waals surface area contributed by atoms with Gasteiger partial charge in [-0.1, -0.05) is 58.0 Å². The smallest absolute Gasteiger partial charge is 0.0425 e. The number of benzene rings is 2. The van der Waals surface area contributed by atoms with E-state index in [9.17, 15) is 0 Å². The monoisotopic (exact) mass is 279 g/mol. The summed E-state index contributed by atoms with van der Waals surface area (Å²) in [4.78, 5) is 0. The molecular weight excluding hydrogens is 254 g/mol. The first kappa shape index (κ1) is 14.2. The summed E-state index contributed by atoms with van der Waals surface area (Å²) in [6.07, 6.45) is 2.49. The Hall–Kier alpha value is -1.76. The molecule has 1 aliphatic rings. The largest absolute Gasteiger partial charge is 0.355 e. The molecule has 0 saturated carbocycles. The van der Waals surface area contributed by atoms with Gasteiger partial charge in [-0.15, -0.1) is 0 Å². The number of para-hydroxylation sites is 1. The molecule has 2 aromatic carbocycles. The van der Waals surface area contributed by atoms with Crippen molar-refractivity contribution in [1.29, 1.82) is 0 Å². The molecule has 0 saturated heterocycles. The van der Waals surface area contributed by atoms with Crippen LogP contribution in [-0.2, 0) is 10.8 Å². The quantitative estimate of drug-likeness (QED) is 0.734. The number of fused-ring (bicyclic) bond motifs is 1. The fraction of sp³-hybridized carbons (Fsp3) is 0.400. The van der Waals surface area contributed by atoms with E-state index in [2.05, 4.69) is 81.5 Å². The molecule has 0 unspecified atom stereocenters. The van der Waals surface area contributed by atoms with Crippen molar-refractivity contribution in [1.82, 2.24) is 0 Å². The number of hydrogen-bond acceptors (Lipinski definition) is 1. The maximum atomic E-state index is 3.63. The molecule has 110 valence electrons. The van der Waals surface area contributed by atoms with Gasteiger partial charge >= 0.3 is 0 Å². The highest BCUT2D eigenvalue weighted by Gasteiger charge is 2.38. The predicted molar refractivity (Wildman–Crippen MR) is 91.5 cm³/mol. The number of hydrogen-bond donors (Lipinski definition) is 1. The highest BCUT2D eigenvalue weighted by molar-refractivity contribution is 5.68. The highest BCUT2D eigenvalue weighted by Crippen LogP contribution is 2.48. The Bertz CT molecular complexity index is 638. The van der Waals surface area contributed by atoms with Crippen molar-refractivity contribution in [3.8, 4) is 0 Å².